The molecule has 0 aliphatic heterocycles. The van der Waals surface area contributed by atoms with E-state index in [1.54, 1.807) is 0 Å². The number of aromatic nitrogens is 3. The molecule has 0 saturated heterocycles. The third-order valence-electron chi connectivity index (χ3n) is 2.19. The summed E-state index contributed by atoms with van der Waals surface area (Å²) in [5.41, 5.74) is 0. The molecule has 1 aromatic heterocycles. The van der Waals surface area contributed by atoms with E-state index in [0.29, 0.717) is 24.7 Å². The Morgan fingerprint density at radius 1 is 1.33 bits per heavy atom. The van der Waals surface area contributed by atoms with E-state index in [1.165, 1.54) is 0 Å². The highest BCUT2D eigenvalue weighted by Gasteiger charge is 2.12. The lowest BCUT2D eigenvalue weighted by Crippen LogP contribution is -2.38. The molecule has 3 N–H and O–H groups in total. The zero-order valence-corrected chi connectivity index (χ0v) is 10.9. The van der Waals surface area contributed by atoms with Crippen LogP contribution >= 0.6 is 0 Å². The van der Waals surface area contributed by atoms with E-state index in [-0.39, 0.29) is 18.3 Å². The van der Waals surface area contributed by atoms with Crippen LogP contribution in [0.1, 0.15) is 37.2 Å². The number of H-pyrrole nitrogens is 1. The summed E-state index contributed by atoms with van der Waals surface area (Å²) >= 11 is 0. The number of nitrogens with one attached hydrogen (secondary N) is 3. The van der Waals surface area contributed by atoms with Crippen molar-refractivity contribution in [3.05, 3.63) is 11.6 Å². The standard InChI is InChI=1S/C11H19N5O2/c1-4-8-14-10(16-15-8)11(18)13-6-9(17)12-5-7(2)3/h7H,4-6H2,1-3H3,(H,12,17)(H,13,18)(H,14,15,16). The van der Waals surface area contributed by atoms with Crippen molar-refractivity contribution in [2.24, 2.45) is 5.92 Å². The molecule has 0 atom stereocenters. The fourth-order valence-corrected chi connectivity index (χ4v) is 1.18. The first-order valence-electron chi connectivity index (χ1n) is 5.99. The Balaban J connectivity index is 2.34. The molecule has 1 aromatic rings. The summed E-state index contributed by atoms with van der Waals surface area (Å²) in [6.07, 6.45) is 0.676. The van der Waals surface area contributed by atoms with Crippen LogP contribution in [0.3, 0.4) is 0 Å². The Bertz CT molecular complexity index is 413. The van der Waals surface area contributed by atoms with Gasteiger partial charge in [-0.2, -0.15) is 0 Å². The number of hydrogen-bond acceptors (Lipinski definition) is 4. The number of aryl methyl sites for hydroxylation is 1. The quantitative estimate of drug-likeness (QED) is 0.657. The van der Waals surface area contributed by atoms with Crippen LogP contribution in [0.15, 0.2) is 0 Å². The molecular formula is C11H19N5O2. The first kappa shape index (κ1) is 14.1. The minimum atomic E-state index is -0.453. The van der Waals surface area contributed by atoms with Gasteiger partial charge in [0.2, 0.25) is 11.7 Å². The molecule has 1 rings (SSSR count). The van der Waals surface area contributed by atoms with Crippen LogP contribution in [0.25, 0.3) is 0 Å². The van der Waals surface area contributed by atoms with Crippen LogP contribution in [0, 0.1) is 5.92 Å². The minimum absolute atomic E-state index is 0.0588. The van der Waals surface area contributed by atoms with Crippen molar-refractivity contribution >= 4 is 11.8 Å². The van der Waals surface area contributed by atoms with Crippen molar-refractivity contribution in [1.82, 2.24) is 25.8 Å². The van der Waals surface area contributed by atoms with E-state index < -0.39 is 5.91 Å². The Hall–Kier alpha value is -1.92. The van der Waals surface area contributed by atoms with E-state index in [1.807, 2.05) is 20.8 Å². The average molecular weight is 253 g/mol. The first-order valence-corrected chi connectivity index (χ1v) is 5.99. The molecule has 0 radical (unpaired) electrons. The summed E-state index contributed by atoms with van der Waals surface area (Å²) in [7, 11) is 0. The van der Waals surface area contributed by atoms with Gasteiger partial charge in [0.1, 0.15) is 5.82 Å². The molecule has 0 unspecified atom stereocenters. The Morgan fingerprint density at radius 3 is 2.61 bits per heavy atom. The second-order valence-corrected chi connectivity index (χ2v) is 4.34. The Morgan fingerprint density at radius 2 is 2.06 bits per heavy atom. The molecule has 0 spiro atoms. The van der Waals surface area contributed by atoms with Crippen LogP contribution in [0.2, 0.25) is 0 Å². The molecule has 1 heterocycles. The van der Waals surface area contributed by atoms with Crippen molar-refractivity contribution in [1.29, 1.82) is 0 Å². The Labute approximate surface area is 106 Å². The average Bonchev–Trinajstić information content (AvgIpc) is 2.82. The van der Waals surface area contributed by atoms with Crippen molar-refractivity contribution < 1.29 is 9.59 Å². The highest BCUT2D eigenvalue weighted by molar-refractivity contribution is 5.93. The summed E-state index contributed by atoms with van der Waals surface area (Å²) in [6.45, 7) is 6.43. The maximum Gasteiger partial charge on any atom is 0.291 e. The van der Waals surface area contributed by atoms with Gasteiger partial charge in [0.05, 0.1) is 6.54 Å². The SMILES string of the molecule is CCc1nc(C(=O)NCC(=O)NCC(C)C)n[nH]1. The number of carbonyl (C=O) groups is 2. The second-order valence-electron chi connectivity index (χ2n) is 4.34. The summed E-state index contributed by atoms with van der Waals surface area (Å²) in [5, 5.41) is 11.6. The van der Waals surface area contributed by atoms with Gasteiger partial charge in [-0.1, -0.05) is 20.8 Å². The maximum absolute atomic E-state index is 11.6. The molecule has 0 saturated carbocycles. The van der Waals surface area contributed by atoms with Gasteiger partial charge in [0.15, 0.2) is 0 Å². The smallest absolute Gasteiger partial charge is 0.291 e. The predicted octanol–water partition coefficient (Wildman–Crippen LogP) is -0.131. The molecule has 0 aliphatic carbocycles. The predicted molar refractivity (Wildman–Crippen MR) is 65.9 cm³/mol. The molecule has 0 aliphatic rings. The number of hydrogen-bond donors (Lipinski definition) is 3. The van der Waals surface area contributed by atoms with Crippen molar-refractivity contribution in [2.45, 2.75) is 27.2 Å². The zero-order chi connectivity index (χ0) is 13.5. The van der Waals surface area contributed by atoms with Crippen molar-refractivity contribution in [3.8, 4) is 0 Å². The van der Waals surface area contributed by atoms with Gasteiger partial charge >= 0.3 is 0 Å². The largest absolute Gasteiger partial charge is 0.354 e. The van der Waals surface area contributed by atoms with Crippen LogP contribution in [-0.4, -0.2) is 40.1 Å². The van der Waals surface area contributed by atoms with Crippen LogP contribution in [0.5, 0.6) is 0 Å². The molecular weight excluding hydrogens is 234 g/mol. The van der Waals surface area contributed by atoms with E-state index in [9.17, 15) is 9.59 Å². The Kier molecular flexibility index (Phi) is 5.29. The lowest BCUT2D eigenvalue weighted by atomic mass is 10.2. The fraction of sp³-hybridized carbons (Fsp3) is 0.636. The van der Waals surface area contributed by atoms with Gasteiger partial charge in [-0.25, -0.2) is 4.98 Å². The van der Waals surface area contributed by atoms with Gasteiger partial charge in [-0.3, -0.25) is 14.7 Å². The summed E-state index contributed by atoms with van der Waals surface area (Å²) < 4.78 is 0. The van der Waals surface area contributed by atoms with E-state index in [0.717, 1.165) is 0 Å². The summed E-state index contributed by atoms with van der Waals surface area (Å²) in [6, 6.07) is 0. The summed E-state index contributed by atoms with van der Waals surface area (Å²) in [4.78, 5) is 26.9. The molecule has 0 bridgehead atoms. The molecule has 18 heavy (non-hydrogen) atoms. The van der Waals surface area contributed by atoms with Crippen molar-refractivity contribution in [2.75, 3.05) is 13.1 Å². The lowest BCUT2D eigenvalue weighted by molar-refractivity contribution is -0.120. The minimum Gasteiger partial charge on any atom is -0.354 e. The number of nitrogens with zero attached hydrogens (tertiary/aromatic N) is 2. The van der Waals surface area contributed by atoms with E-state index in [2.05, 4.69) is 25.8 Å². The first-order chi connectivity index (χ1) is 8.52. The van der Waals surface area contributed by atoms with Gasteiger partial charge in [0.25, 0.3) is 5.91 Å². The third kappa shape index (κ3) is 4.52. The maximum atomic E-state index is 11.6. The number of carbonyl (C=O) groups excluding carboxylic acids is 2. The van der Waals surface area contributed by atoms with Crippen molar-refractivity contribution in [3.63, 3.8) is 0 Å². The highest BCUT2D eigenvalue weighted by Crippen LogP contribution is 1.93. The fourth-order valence-electron chi connectivity index (χ4n) is 1.18. The zero-order valence-electron chi connectivity index (χ0n) is 10.9. The van der Waals surface area contributed by atoms with Gasteiger partial charge < -0.3 is 10.6 Å². The number of rotatable bonds is 6. The third-order valence-corrected chi connectivity index (χ3v) is 2.19. The van der Waals surface area contributed by atoms with Crippen LogP contribution in [-0.2, 0) is 11.2 Å². The van der Waals surface area contributed by atoms with Gasteiger partial charge in [0, 0.05) is 13.0 Å². The van der Waals surface area contributed by atoms with Crippen LogP contribution in [0.4, 0.5) is 0 Å². The van der Waals surface area contributed by atoms with Crippen LogP contribution < -0.4 is 10.6 Å². The number of aromatic amines is 1. The highest BCUT2D eigenvalue weighted by atomic mass is 16.2. The normalized spacial score (nSPS) is 10.4. The monoisotopic (exact) mass is 253 g/mol. The summed E-state index contributed by atoms with van der Waals surface area (Å²) in [5.74, 6) is 0.409. The van der Waals surface area contributed by atoms with E-state index in [4.69, 9.17) is 0 Å². The lowest BCUT2D eigenvalue weighted by Gasteiger charge is -2.07. The van der Waals surface area contributed by atoms with Gasteiger partial charge in [-0.15, -0.1) is 5.10 Å². The molecule has 7 heteroatoms. The second kappa shape index (κ2) is 6.73. The molecule has 7 nitrogen and oxygen atoms in total. The molecule has 0 aromatic carbocycles. The topological polar surface area (TPSA) is 99.8 Å². The molecule has 100 valence electrons. The number of amides is 2. The molecule has 2 amide bonds. The van der Waals surface area contributed by atoms with Gasteiger partial charge in [-0.05, 0) is 5.92 Å². The molecule has 0 fully saturated rings. The van der Waals surface area contributed by atoms with E-state index >= 15 is 0 Å².